The molecule has 0 aliphatic heterocycles. The Morgan fingerprint density at radius 2 is 1.80 bits per heavy atom. The van der Waals surface area contributed by atoms with Crippen LogP contribution in [-0.4, -0.2) is 8.32 Å². The molecule has 0 atom stereocenters. The highest BCUT2D eigenvalue weighted by molar-refractivity contribution is 6.74. The third-order valence-electron chi connectivity index (χ3n) is 3.46. The Morgan fingerprint density at radius 3 is 2.27 bits per heavy atom. The van der Waals surface area contributed by atoms with Crippen molar-refractivity contribution in [2.45, 2.75) is 58.7 Å². The van der Waals surface area contributed by atoms with E-state index in [0.717, 1.165) is 12.8 Å². The quantitative estimate of drug-likeness (QED) is 0.491. The monoisotopic (exact) mass is 224 g/mol. The van der Waals surface area contributed by atoms with Crippen LogP contribution in [0.25, 0.3) is 0 Å². The lowest BCUT2D eigenvalue weighted by atomic mass is 10.1. The number of hydrogen-bond acceptors (Lipinski definition) is 1. The van der Waals surface area contributed by atoms with Crippen LogP contribution in [-0.2, 0) is 4.43 Å². The molecule has 0 heterocycles. The summed E-state index contributed by atoms with van der Waals surface area (Å²) in [5.74, 6) is 1.20. The molecule has 1 rings (SSSR count). The highest BCUT2D eigenvalue weighted by atomic mass is 28.4. The molecule has 0 aromatic heterocycles. The van der Waals surface area contributed by atoms with Gasteiger partial charge in [-0.25, -0.2) is 0 Å². The molecule has 0 saturated heterocycles. The van der Waals surface area contributed by atoms with Gasteiger partial charge in [-0.15, -0.1) is 0 Å². The molecule has 0 unspecified atom stereocenters. The summed E-state index contributed by atoms with van der Waals surface area (Å²) in [6.45, 7) is 13.6. The number of rotatable bonds is 2. The zero-order chi connectivity index (χ0) is 11.7. The SMILES string of the molecule is CC1=CCC=C(O[Si](C)(C)C(C)(C)C)C1. The Bertz CT molecular complexity index is 292. The predicted octanol–water partition coefficient (Wildman–Crippen LogP) is 4.63. The molecule has 0 bridgehead atoms. The Labute approximate surface area is 95.4 Å². The van der Waals surface area contributed by atoms with Gasteiger partial charge >= 0.3 is 0 Å². The molecule has 0 fully saturated rings. The lowest BCUT2D eigenvalue weighted by molar-refractivity contribution is 0.370. The van der Waals surface area contributed by atoms with E-state index in [2.05, 4.69) is 52.9 Å². The minimum Gasteiger partial charge on any atom is -0.546 e. The van der Waals surface area contributed by atoms with E-state index in [0.29, 0.717) is 5.04 Å². The van der Waals surface area contributed by atoms with Crippen LogP contribution in [0.3, 0.4) is 0 Å². The zero-order valence-electron chi connectivity index (χ0n) is 11.0. The van der Waals surface area contributed by atoms with Gasteiger partial charge in [-0.1, -0.05) is 32.4 Å². The van der Waals surface area contributed by atoms with Crippen molar-refractivity contribution < 1.29 is 4.43 Å². The average molecular weight is 224 g/mol. The molecular formula is C13H24OSi. The predicted molar refractivity (Wildman–Crippen MR) is 69.4 cm³/mol. The van der Waals surface area contributed by atoms with Crippen molar-refractivity contribution in [3.05, 3.63) is 23.5 Å². The van der Waals surface area contributed by atoms with Crippen molar-refractivity contribution in [2.75, 3.05) is 0 Å². The molecule has 15 heavy (non-hydrogen) atoms. The second-order valence-electron chi connectivity index (χ2n) is 6.00. The molecule has 1 nitrogen and oxygen atoms in total. The summed E-state index contributed by atoms with van der Waals surface area (Å²) in [4.78, 5) is 0. The second-order valence-corrected chi connectivity index (χ2v) is 10.7. The van der Waals surface area contributed by atoms with Gasteiger partial charge in [0.1, 0.15) is 0 Å². The van der Waals surface area contributed by atoms with Crippen molar-refractivity contribution >= 4 is 8.32 Å². The highest BCUT2D eigenvalue weighted by Crippen LogP contribution is 2.39. The average Bonchev–Trinajstić information content (AvgIpc) is 2.00. The van der Waals surface area contributed by atoms with E-state index in [1.807, 2.05) is 0 Å². The Hall–Kier alpha value is -0.503. The summed E-state index contributed by atoms with van der Waals surface area (Å²) in [5, 5.41) is 0.295. The summed E-state index contributed by atoms with van der Waals surface area (Å²) < 4.78 is 6.27. The van der Waals surface area contributed by atoms with Crippen molar-refractivity contribution in [1.29, 1.82) is 0 Å². The van der Waals surface area contributed by atoms with Gasteiger partial charge in [0.25, 0.3) is 0 Å². The number of hydrogen-bond donors (Lipinski definition) is 0. The first-order chi connectivity index (χ1) is 6.72. The van der Waals surface area contributed by atoms with Crippen LogP contribution in [0, 0.1) is 0 Å². The van der Waals surface area contributed by atoms with Gasteiger partial charge in [0.2, 0.25) is 8.32 Å². The van der Waals surface area contributed by atoms with E-state index >= 15 is 0 Å². The highest BCUT2D eigenvalue weighted by Gasteiger charge is 2.39. The molecular weight excluding hydrogens is 200 g/mol. The largest absolute Gasteiger partial charge is 0.546 e. The zero-order valence-corrected chi connectivity index (χ0v) is 12.0. The molecule has 0 N–H and O–H groups in total. The fourth-order valence-corrected chi connectivity index (χ4v) is 2.49. The number of allylic oxidation sites excluding steroid dienone is 3. The lowest BCUT2D eigenvalue weighted by Crippen LogP contribution is -2.40. The fourth-order valence-electron chi connectivity index (χ4n) is 1.37. The minimum atomic E-state index is -1.62. The maximum atomic E-state index is 6.27. The summed E-state index contributed by atoms with van der Waals surface area (Å²) in [5.41, 5.74) is 1.44. The Balaban J connectivity index is 2.67. The molecule has 0 saturated carbocycles. The van der Waals surface area contributed by atoms with E-state index < -0.39 is 8.32 Å². The minimum absolute atomic E-state index is 0.295. The van der Waals surface area contributed by atoms with Crippen LogP contribution in [0.1, 0.15) is 40.5 Å². The molecule has 0 spiro atoms. The van der Waals surface area contributed by atoms with Crippen LogP contribution in [0.15, 0.2) is 23.5 Å². The molecule has 1 aliphatic carbocycles. The van der Waals surface area contributed by atoms with Crippen molar-refractivity contribution in [1.82, 2.24) is 0 Å². The van der Waals surface area contributed by atoms with Crippen LogP contribution in [0.5, 0.6) is 0 Å². The first-order valence-electron chi connectivity index (χ1n) is 5.76. The maximum Gasteiger partial charge on any atom is 0.250 e. The second kappa shape index (κ2) is 4.16. The summed E-state index contributed by atoms with van der Waals surface area (Å²) in [6, 6.07) is 0. The van der Waals surface area contributed by atoms with Crippen LogP contribution >= 0.6 is 0 Å². The van der Waals surface area contributed by atoms with E-state index in [1.54, 1.807) is 0 Å². The van der Waals surface area contributed by atoms with E-state index in [9.17, 15) is 0 Å². The van der Waals surface area contributed by atoms with Crippen LogP contribution in [0.4, 0.5) is 0 Å². The summed E-state index contributed by atoms with van der Waals surface area (Å²) in [7, 11) is -1.62. The standard InChI is InChI=1S/C13H24OSi/c1-11-8-7-9-12(10-11)14-15(5,6)13(2,3)4/h8-9H,7,10H2,1-6H3. The van der Waals surface area contributed by atoms with Gasteiger partial charge in [0.05, 0.1) is 5.76 Å². The smallest absolute Gasteiger partial charge is 0.250 e. The molecule has 86 valence electrons. The van der Waals surface area contributed by atoms with Gasteiger partial charge in [0.15, 0.2) is 0 Å². The topological polar surface area (TPSA) is 9.23 Å². The van der Waals surface area contributed by atoms with E-state index in [1.165, 1.54) is 11.3 Å². The normalized spacial score (nSPS) is 18.3. The van der Waals surface area contributed by atoms with Gasteiger partial charge in [-0.05, 0) is 37.6 Å². The molecule has 0 aromatic carbocycles. The van der Waals surface area contributed by atoms with Crippen molar-refractivity contribution in [3.63, 3.8) is 0 Å². The van der Waals surface area contributed by atoms with Crippen LogP contribution < -0.4 is 0 Å². The van der Waals surface area contributed by atoms with Gasteiger partial charge in [-0.3, -0.25) is 0 Å². The molecule has 2 heteroatoms. The van der Waals surface area contributed by atoms with Crippen molar-refractivity contribution in [3.8, 4) is 0 Å². The van der Waals surface area contributed by atoms with E-state index in [-0.39, 0.29) is 0 Å². The van der Waals surface area contributed by atoms with Gasteiger partial charge < -0.3 is 4.43 Å². The molecule has 0 amide bonds. The fraction of sp³-hybridized carbons (Fsp3) is 0.692. The molecule has 1 aliphatic rings. The first-order valence-corrected chi connectivity index (χ1v) is 8.67. The Kier molecular flexibility index (Phi) is 3.49. The van der Waals surface area contributed by atoms with Crippen molar-refractivity contribution in [2.24, 2.45) is 0 Å². The van der Waals surface area contributed by atoms with Gasteiger partial charge in [-0.2, -0.15) is 0 Å². The lowest BCUT2D eigenvalue weighted by Gasteiger charge is -2.37. The summed E-state index contributed by atoms with van der Waals surface area (Å²) in [6.07, 6.45) is 6.55. The first kappa shape index (κ1) is 12.6. The maximum absolute atomic E-state index is 6.27. The van der Waals surface area contributed by atoms with Gasteiger partial charge in [0, 0.05) is 6.42 Å². The summed E-state index contributed by atoms with van der Waals surface area (Å²) >= 11 is 0. The molecule has 0 radical (unpaired) electrons. The third-order valence-corrected chi connectivity index (χ3v) is 7.84. The third kappa shape index (κ3) is 3.23. The van der Waals surface area contributed by atoms with E-state index in [4.69, 9.17) is 4.43 Å². The molecule has 0 aromatic rings. The Morgan fingerprint density at radius 1 is 1.20 bits per heavy atom. The van der Waals surface area contributed by atoms with Crippen LogP contribution in [0.2, 0.25) is 18.1 Å².